The molecule has 0 aromatic heterocycles. The molecule has 0 saturated carbocycles. The summed E-state index contributed by atoms with van der Waals surface area (Å²) >= 11 is 0. The van der Waals surface area contributed by atoms with Crippen molar-refractivity contribution in [1.29, 1.82) is 0 Å². The molecule has 9 heteroatoms. The number of hydrazine groups is 1. The summed E-state index contributed by atoms with van der Waals surface area (Å²) in [5, 5.41) is 13.3. The van der Waals surface area contributed by atoms with Crippen LogP contribution < -0.4 is 16.2 Å². The monoisotopic (exact) mass is 472 g/mol. The average Bonchev–Trinajstić information content (AvgIpc) is 3.28. The zero-order chi connectivity index (χ0) is 23.8. The van der Waals surface area contributed by atoms with Gasteiger partial charge in [0, 0.05) is 24.3 Å². The van der Waals surface area contributed by atoms with E-state index >= 15 is 0 Å². The quantitative estimate of drug-likeness (QED) is 0.533. The Labute approximate surface area is 195 Å². The number of piperidine rings is 1. The van der Waals surface area contributed by atoms with Crippen LogP contribution >= 0.6 is 0 Å². The SMILES string of the molecule is Cc1ccc(C2CC(C(=O)Nc3ccc(S(=O)(=O)N4CCCC(C)C4)cc3)NN2)c(O)c1C. The number of aryl methyl sites for hydroxylation is 1. The fourth-order valence-electron chi connectivity index (χ4n) is 4.49. The number of phenolic OH excluding ortho intramolecular Hbond substituents is 1. The topological polar surface area (TPSA) is 111 Å². The number of amides is 1. The Hall–Kier alpha value is -2.46. The molecule has 0 aliphatic carbocycles. The number of sulfonamides is 1. The molecule has 2 fully saturated rings. The Bertz CT molecular complexity index is 1130. The average molecular weight is 473 g/mol. The zero-order valence-electron chi connectivity index (χ0n) is 19.3. The molecule has 2 aliphatic rings. The van der Waals surface area contributed by atoms with Crippen LogP contribution in [0.25, 0.3) is 0 Å². The number of rotatable bonds is 5. The van der Waals surface area contributed by atoms with Crippen LogP contribution in [0.15, 0.2) is 41.3 Å². The van der Waals surface area contributed by atoms with Gasteiger partial charge in [0.25, 0.3) is 0 Å². The third-order valence-corrected chi connectivity index (χ3v) is 8.59. The summed E-state index contributed by atoms with van der Waals surface area (Å²) in [4.78, 5) is 13.0. The first kappa shape index (κ1) is 23.7. The van der Waals surface area contributed by atoms with Crippen LogP contribution in [0, 0.1) is 19.8 Å². The minimum absolute atomic E-state index is 0.195. The number of benzene rings is 2. The summed E-state index contributed by atoms with van der Waals surface area (Å²) in [6.07, 6.45) is 2.39. The van der Waals surface area contributed by atoms with Gasteiger partial charge in [0.05, 0.1) is 10.9 Å². The van der Waals surface area contributed by atoms with Gasteiger partial charge in [-0.05, 0) is 74.4 Å². The summed E-state index contributed by atoms with van der Waals surface area (Å²) in [6.45, 7) is 6.97. The molecular weight excluding hydrogens is 440 g/mol. The molecule has 0 radical (unpaired) electrons. The summed E-state index contributed by atoms with van der Waals surface area (Å²) in [6, 6.07) is 9.47. The highest BCUT2D eigenvalue weighted by Crippen LogP contribution is 2.33. The van der Waals surface area contributed by atoms with E-state index in [0.717, 1.165) is 29.5 Å². The Morgan fingerprint density at radius 1 is 1.12 bits per heavy atom. The molecule has 4 rings (SSSR count). The van der Waals surface area contributed by atoms with Crippen LogP contribution in [-0.4, -0.2) is 42.9 Å². The highest BCUT2D eigenvalue weighted by Gasteiger charge is 2.32. The van der Waals surface area contributed by atoms with Crippen molar-refractivity contribution >= 4 is 21.6 Å². The predicted molar refractivity (Wildman–Crippen MR) is 127 cm³/mol. The zero-order valence-corrected chi connectivity index (χ0v) is 20.1. The van der Waals surface area contributed by atoms with Crippen LogP contribution in [0.4, 0.5) is 5.69 Å². The van der Waals surface area contributed by atoms with E-state index in [-0.39, 0.29) is 22.6 Å². The van der Waals surface area contributed by atoms with E-state index in [1.54, 1.807) is 28.6 Å². The van der Waals surface area contributed by atoms with Crippen molar-refractivity contribution in [3.63, 3.8) is 0 Å². The van der Waals surface area contributed by atoms with Crippen molar-refractivity contribution in [3.8, 4) is 5.75 Å². The van der Waals surface area contributed by atoms with E-state index < -0.39 is 16.1 Å². The Balaban J connectivity index is 1.39. The molecule has 2 aromatic rings. The molecular formula is C24H32N4O4S. The van der Waals surface area contributed by atoms with E-state index in [1.165, 1.54) is 0 Å². The van der Waals surface area contributed by atoms with Gasteiger partial charge in [0.2, 0.25) is 15.9 Å². The molecule has 3 atom stereocenters. The highest BCUT2D eigenvalue weighted by atomic mass is 32.2. The van der Waals surface area contributed by atoms with E-state index in [2.05, 4.69) is 23.1 Å². The van der Waals surface area contributed by atoms with E-state index in [9.17, 15) is 18.3 Å². The maximum absolute atomic E-state index is 12.9. The standard InChI is InChI=1S/C24H32N4O4S/c1-15-5-4-12-28(14-15)33(31,32)19-9-7-18(8-10-19)25-24(30)22-13-21(26-27-22)20-11-6-16(2)17(3)23(20)29/h6-11,15,21-22,26-27,29H,4-5,12-14H2,1-3H3,(H,25,30). The van der Waals surface area contributed by atoms with Crippen LogP contribution in [0.3, 0.4) is 0 Å². The number of carbonyl (C=O) groups excluding carboxylic acids is 1. The normalized spacial score (nSPS) is 24.0. The lowest BCUT2D eigenvalue weighted by Gasteiger charge is -2.30. The Morgan fingerprint density at radius 3 is 2.55 bits per heavy atom. The second-order valence-corrected chi connectivity index (χ2v) is 11.1. The van der Waals surface area contributed by atoms with Crippen LogP contribution in [0.1, 0.15) is 48.9 Å². The van der Waals surface area contributed by atoms with Crippen LogP contribution in [0.5, 0.6) is 5.75 Å². The molecule has 3 unspecified atom stereocenters. The number of phenols is 1. The molecule has 33 heavy (non-hydrogen) atoms. The summed E-state index contributed by atoms with van der Waals surface area (Å²) in [5.41, 5.74) is 9.21. The van der Waals surface area contributed by atoms with Gasteiger partial charge in [-0.25, -0.2) is 19.3 Å². The molecule has 2 saturated heterocycles. The van der Waals surface area contributed by atoms with Crippen molar-refractivity contribution in [1.82, 2.24) is 15.2 Å². The summed E-state index contributed by atoms with van der Waals surface area (Å²) in [7, 11) is -3.53. The second kappa shape index (κ2) is 9.42. The van der Waals surface area contributed by atoms with Crippen molar-refractivity contribution in [2.45, 2.75) is 57.0 Å². The number of hydrogen-bond acceptors (Lipinski definition) is 6. The Morgan fingerprint density at radius 2 is 1.85 bits per heavy atom. The smallest absolute Gasteiger partial charge is 0.243 e. The lowest BCUT2D eigenvalue weighted by Crippen LogP contribution is -2.39. The number of anilines is 1. The summed E-state index contributed by atoms with van der Waals surface area (Å²) in [5.74, 6) is 0.373. The van der Waals surface area contributed by atoms with Gasteiger partial charge < -0.3 is 10.4 Å². The van der Waals surface area contributed by atoms with E-state index in [0.29, 0.717) is 31.1 Å². The molecule has 8 nitrogen and oxygen atoms in total. The van der Waals surface area contributed by atoms with E-state index in [4.69, 9.17) is 0 Å². The van der Waals surface area contributed by atoms with Gasteiger partial charge in [-0.15, -0.1) is 0 Å². The third kappa shape index (κ3) is 4.91. The minimum Gasteiger partial charge on any atom is -0.507 e. The highest BCUT2D eigenvalue weighted by molar-refractivity contribution is 7.89. The van der Waals surface area contributed by atoms with Gasteiger partial charge in [-0.3, -0.25) is 4.79 Å². The second-order valence-electron chi connectivity index (χ2n) is 9.20. The fraction of sp³-hybridized carbons (Fsp3) is 0.458. The molecule has 178 valence electrons. The van der Waals surface area contributed by atoms with Crippen molar-refractivity contribution < 1.29 is 18.3 Å². The number of nitrogens with one attached hydrogen (secondary N) is 3. The number of aromatic hydroxyl groups is 1. The minimum atomic E-state index is -3.53. The maximum atomic E-state index is 12.9. The van der Waals surface area contributed by atoms with Gasteiger partial charge in [-0.2, -0.15) is 4.31 Å². The predicted octanol–water partition coefficient (Wildman–Crippen LogP) is 2.98. The van der Waals surface area contributed by atoms with Gasteiger partial charge >= 0.3 is 0 Å². The molecule has 2 aromatic carbocycles. The van der Waals surface area contributed by atoms with Gasteiger partial charge in [0.1, 0.15) is 11.8 Å². The van der Waals surface area contributed by atoms with Crippen LogP contribution in [-0.2, 0) is 14.8 Å². The first-order valence-electron chi connectivity index (χ1n) is 11.4. The third-order valence-electron chi connectivity index (χ3n) is 6.71. The number of carbonyl (C=O) groups is 1. The first-order chi connectivity index (χ1) is 15.7. The fourth-order valence-corrected chi connectivity index (χ4v) is 6.09. The Kier molecular flexibility index (Phi) is 6.76. The van der Waals surface area contributed by atoms with Gasteiger partial charge in [0.15, 0.2) is 0 Å². The molecule has 1 amide bonds. The molecule has 2 aliphatic heterocycles. The number of hydrogen-bond donors (Lipinski definition) is 4. The number of nitrogens with zero attached hydrogens (tertiary/aromatic N) is 1. The van der Waals surface area contributed by atoms with Crippen LogP contribution in [0.2, 0.25) is 0 Å². The van der Waals surface area contributed by atoms with Crippen molar-refractivity contribution in [2.75, 3.05) is 18.4 Å². The molecule has 0 spiro atoms. The maximum Gasteiger partial charge on any atom is 0.243 e. The lowest BCUT2D eigenvalue weighted by molar-refractivity contribution is -0.117. The van der Waals surface area contributed by atoms with E-state index in [1.807, 2.05) is 26.0 Å². The van der Waals surface area contributed by atoms with Crippen molar-refractivity contribution in [2.24, 2.45) is 5.92 Å². The molecule has 4 N–H and O–H groups in total. The lowest BCUT2D eigenvalue weighted by atomic mass is 9.96. The summed E-state index contributed by atoms with van der Waals surface area (Å²) < 4.78 is 27.4. The van der Waals surface area contributed by atoms with Crippen molar-refractivity contribution in [3.05, 3.63) is 53.1 Å². The largest absolute Gasteiger partial charge is 0.507 e. The molecule has 2 heterocycles. The van der Waals surface area contributed by atoms with Gasteiger partial charge in [-0.1, -0.05) is 19.1 Å². The molecule has 0 bridgehead atoms. The first-order valence-corrected chi connectivity index (χ1v) is 12.8.